The lowest BCUT2D eigenvalue weighted by Gasteiger charge is -2.47. The summed E-state index contributed by atoms with van der Waals surface area (Å²) in [6.07, 6.45) is -6.27. The molecule has 0 amide bonds. The largest absolute Gasteiger partial charge is 0.471 e. The number of rotatable bonds is 11. The number of carbonyl (C=O) groups excluding carboxylic acids is 7. The highest BCUT2D eigenvalue weighted by Crippen LogP contribution is 2.42. The second-order valence-corrected chi connectivity index (χ2v) is 11.7. The first-order valence-electron chi connectivity index (χ1n) is 15.8. The van der Waals surface area contributed by atoms with E-state index < -0.39 is 103 Å². The maximum Gasteiger partial charge on any atom is 0.337 e. The zero-order chi connectivity index (χ0) is 37.4. The van der Waals surface area contributed by atoms with Crippen LogP contribution in [0.2, 0.25) is 0 Å². The van der Waals surface area contributed by atoms with Gasteiger partial charge in [0.15, 0.2) is 18.3 Å². The fourth-order valence-electron chi connectivity index (χ4n) is 5.88. The number of methoxy groups -OCH3 is 1. The highest BCUT2D eigenvalue weighted by Gasteiger charge is 2.56. The molecule has 17 nitrogen and oxygen atoms in total. The number of hydrogen-bond acceptors (Lipinski definition) is 17. The Labute approximate surface area is 292 Å². The molecule has 51 heavy (non-hydrogen) atoms. The van der Waals surface area contributed by atoms with Crippen LogP contribution >= 0.6 is 0 Å². The van der Waals surface area contributed by atoms with Crippen molar-refractivity contribution in [3.8, 4) is 5.75 Å². The Balaban J connectivity index is 1.61. The van der Waals surface area contributed by atoms with Crippen molar-refractivity contribution in [3.05, 3.63) is 47.7 Å². The SMILES string of the molecule is COC(=O)C1=CO[C@@H](O[C@@H]2O[C@H](COC(=O)/C=C/c3ccc(OC(C)=O)cc3)[C@@H](OC(C)=O)[C@H](OC(C)=O)[C@H]2OC(C)=O)[C@H]2[C@@H]1CC(=O)O[C@@H]2C. The van der Waals surface area contributed by atoms with Crippen LogP contribution < -0.4 is 4.74 Å². The van der Waals surface area contributed by atoms with Crippen LogP contribution in [0, 0.1) is 11.8 Å². The molecule has 17 heteroatoms. The van der Waals surface area contributed by atoms with Crippen LogP contribution in [-0.4, -0.2) is 98.6 Å². The predicted octanol–water partition coefficient (Wildman–Crippen LogP) is 1.69. The van der Waals surface area contributed by atoms with Gasteiger partial charge in [0.1, 0.15) is 24.6 Å². The maximum atomic E-state index is 12.8. The Morgan fingerprint density at radius 2 is 1.47 bits per heavy atom. The normalized spacial score (nSPS) is 28.5. The van der Waals surface area contributed by atoms with Gasteiger partial charge in [0.25, 0.3) is 0 Å². The molecule has 3 aliphatic heterocycles. The molecule has 3 aliphatic rings. The monoisotopic (exact) mass is 718 g/mol. The Kier molecular flexibility index (Phi) is 12.9. The number of cyclic esters (lactones) is 1. The van der Waals surface area contributed by atoms with Crippen molar-refractivity contribution in [2.24, 2.45) is 11.8 Å². The molecule has 0 spiro atoms. The summed E-state index contributed by atoms with van der Waals surface area (Å²) in [4.78, 5) is 85.6. The quantitative estimate of drug-likeness (QED) is 0.138. The zero-order valence-electron chi connectivity index (χ0n) is 28.6. The number of carbonyl (C=O) groups is 7. The molecule has 0 bridgehead atoms. The number of benzene rings is 1. The van der Waals surface area contributed by atoms with E-state index >= 15 is 0 Å². The molecule has 0 aliphatic carbocycles. The summed E-state index contributed by atoms with van der Waals surface area (Å²) in [5, 5.41) is 0. The van der Waals surface area contributed by atoms with Gasteiger partial charge < -0.3 is 47.4 Å². The van der Waals surface area contributed by atoms with E-state index in [0.29, 0.717) is 11.3 Å². The van der Waals surface area contributed by atoms with E-state index in [9.17, 15) is 33.6 Å². The first-order chi connectivity index (χ1) is 24.2. The maximum absolute atomic E-state index is 12.8. The van der Waals surface area contributed by atoms with Crippen molar-refractivity contribution in [2.75, 3.05) is 13.7 Å². The molecule has 276 valence electrons. The second kappa shape index (κ2) is 17.1. The van der Waals surface area contributed by atoms with Crippen LogP contribution in [0.3, 0.4) is 0 Å². The van der Waals surface area contributed by atoms with E-state index in [4.69, 9.17) is 47.4 Å². The van der Waals surface area contributed by atoms with Gasteiger partial charge in [0.2, 0.25) is 12.6 Å². The summed E-state index contributed by atoms with van der Waals surface area (Å²) >= 11 is 0. The summed E-state index contributed by atoms with van der Waals surface area (Å²) < 4.78 is 55.2. The number of esters is 7. The molecule has 0 aromatic heterocycles. The van der Waals surface area contributed by atoms with Crippen molar-refractivity contribution in [1.29, 1.82) is 0 Å². The molecule has 2 fully saturated rings. The third-order valence-corrected chi connectivity index (χ3v) is 7.88. The summed E-state index contributed by atoms with van der Waals surface area (Å²) in [6.45, 7) is 5.50. The van der Waals surface area contributed by atoms with Crippen molar-refractivity contribution < 1.29 is 80.9 Å². The first-order valence-corrected chi connectivity index (χ1v) is 15.8. The summed E-state index contributed by atoms with van der Waals surface area (Å²) in [7, 11) is 1.17. The van der Waals surface area contributed by atoms with Crippen LogP contribution in [0.1, 0.15) is 46.6 Å². The predicted molar refractivity (Wildman–Crippen MR) is 166 cm³/mol. The van der Waals surface area contributed by atoms with E-state index in [1.54, 1.807) is 19.1 Å². The van der Waals surface area contributed by atoms with Gasteiger partial charge in [-0.05, 0) is 30.7 Å². The lowest BCUT2D eigenvalue weighted by molar-refractivity contribution is -0.348. The summed E-state index contributed by atoms with van der Waals surface area (Å²) in [5.74, 6) is -6.40. The Morgan fingerprint density at radius 3 is 2.08 bits per heavy atom. The zero-order valence-corrected chi connectivity index (χ0v) is 28.6. The third kappa shape index (κ3) is 10.1. The molecule has 1 aromatic rings. The van der Waals surface area contributed by atoms with E-state index in [0.717, 1.165) is 33.1 Å². The first kappa shape index (κ1) is 38.5. The number of ether oxygens (including phenoxy) is 10. The topological polar surface area (TPSA) is 212 Å². The average Bonchev–Trinajstić information content (AvgIpc) is 3.04. The minimum Gasteiger partial charge on any atom is -0.471 e. The molecule has 0 radical (unpaired) electrons. The smallest absolute Gasteiger partial charge is 0.337 e. The Bertz CT molecular complexity index is 1560. The second-order valence-electron chi connectivity index (χ2n) is 11.7. The average molecular weight is 719 g/mol. The lowest BCUT2D eigenvalue weighted by Crippen LogP contribution is -2.64. The van der Waals surface area contributed by atoms with Gasteiger partial charge >= 0.3 is 41.8 Å². The fraction of sp³-hybridized carbons (Fsp3) is 0.500. The summed E-state index contributed by atoms with van der Waals surface area (Å²) in [6, 6.07) is 6.25. The fourth-order valence-corrected chi connectivity index (χ4v) is 5.88. The molecule has 3 heterocycles. The molecule has 9 atom stereocenters. The molecule has 4 rings (SSSR count). The van der Waals surface area contributed by atoms with Crippen LogP contribution in [0.15, 0.2) is 42.2 Å². The molecule has 2 saturated heterocycles. The van der Waals surface area contributed by atoms with Crippen molar-refractivity contribution in [2.45, 2.75) is 84.1 Å². The van der Waals surface area contributed by atoms with Crippen LogP contribution in [-0.2, 0) is 76.2 Å². The van der Waals surface area contributed by atoms with E-state index in [2.05, 4.69) is 0 Å². The van der Waals surface area contributed by atoms with Gasteiger partial charge in [-0.15, -0.1) is 0 Å². The van der Waals surface area contributed by atoms with E-state index in [-0.39, 0.29) is 12.0 Å². The molecule has 0 N–H and O–H groups in total. The van der Waals surface area contributed by atoms with Gasteiger partial charge in [0.05, 0.1) is 31.3 Å². The Hall–Kier alpha value is -5.29. The summed E-state index contributed by atoms with van der Waals surface area (Å²) in [5.41, 5.74) is 0.637. The standard InChI is InChI=1S/C34H38O17/c1-16-28-23(13-27(40)45-16)24(32(41)42-6)14-44-33(28)51-34-31(49-20(5)38)30(48-19(4)37)29(47-18(3)36)25(50-34)15-43-26(39)12-9-21-7-10-22(11-8-21)46-17(2)35/h7-12,14,16,23,25,28-31,33-34H,13,15H2,1-6H3/b12-9+/t16-,23-,25-,28-,29-,30+,31-,33+,34+/m1/s1. The highest BCUT2D eigenvalue weighted by molar-refractivity contribution is 5.90. The number of hydrogen-bond donors (Lipinski definition) is 0. The van der Waals surface area contributed by atoms with E-state index in [1.165, 1.54) is 32.2 Å². The number of fused-ring (bicyclic) bond motifs is 1. The highest BCUT2D eigenvalue weighted by atomic mass is 16.8. The van der Waals surface area contributed by atoms with Crippen LogP contribution in [0.5, 0.6) is 5.75 Å². The van der Waals surface area contributed by atoms with Gasteiger partial charge in [-0.2, -0.15) is 0 Å². The molecule has 0 saturated carbocycles. The minimum absolute atomic E-state index is 0.0674. The van der Waals surface area contributed by atoms with Crippen LogP contribution in [0.25, 0.3) is 6.08 Å². The third-order valence-electron chi connectivity index (χ3n) is 7.88. The van der Waals surface area contributed by atoms with E-state index in [1.807, 2.05) is 0 Å². The minimum atomic E-state index is -1.62. The molecule has 0 unspecified atom stereocenters. The Morgan fingerprint density at radius 1 is 0.843 bits per heavy atom. The molecular weight excluding hydrogens is 680 g/mol. The van der Waals surface area contributed by atoms with Crippen molar-refractivity contribution >= 4 is 47.9 Å². The van der Waals surface area contributed by atoms with Gasteiger partial charge in [-0.3, -0.25) is 24.0 Å². The van der Waals surface area contributed by atoms with Crippen molar-refractivity contribution in [1.82, 2.24) is 0 Å². The molecular formula is C34H38O17. The van der Waals surface area contributed by atoms with Gasteiger partial charge in [0, 0.05) is 39.7 Å². The van der Waals surface area contributed by atoms with Gasteiger partial charge in [-0.1, -0.05) is 12.1 Å². The van der Waals surface area contributed by atoms with Crippen molar-refractivity contribution in [3.63, 3.8) is 0 Å². The van der Waals surface area contributed by atoms with Gasteiger partial charge in [-0.25, -0.2) is 9.59 Å². The lowest BCUT2D eigenvalue weighted by atomic mass is 9.77. The molecule has 1 aromatic carbocycles. The van der Waals surface area contributed by atoms with Crippen LogP contribution in [0.4, 0.5) is 0 Å².